The van der Waals surface area contributed by atoms with Gasteiger partial charge in [-0.25, -0.2) is 4.79 Å². The second-order valence-electron chi connectivity index (χ2n) is 9.16. The maximum absolute atomic E-state index is 13.1. The maximum Gasteiger partial charge on any atom is 0.415 e. The number of amides is 1. The fourth-order valence-corrected chi connectivity index (χ4v) is 4.03. The Bertz CT molecular complexity index is 780. The Morgan fingerprint density at radius 1 is 1.28 bits per heavy atom. The van der Waals surface area contributed by atoms with E-state index in [1.165, 1.54) is 11.1 Å². The van der Waals surface area contributed by atoms with Gasteiger partial charge in [-0.05, 0) is 84.6 Å². The van der Waals surface area contributed by atoms with Gasteiger partial charge in [0.15, 0.2) is 0 Å². The van der Waals surface area contributed by atoms with Gasteiger partial charge < -0.3 is 14.6 Å². The molecule has 2 rings (SSSR count). The van der Waals surface area contributed by atoms with Crippen LogP contribution in [0.15, 0.2) is 33.8 Å². The van der Waals surface area contributed by atoms with E-state index in [2.05, 4.69) is 36.7 Å². The normalized spacial score (nSPS) is 18.2. The second-order valence-corrected chi connectivity index (χ2v) is 10.1. The molecular weight excluding hydrogens is 434 g/mol. The van der Waals surface area contributed by atoms with Crippen LogP contribution in [-0.4, -0.2) is 42.2 Å². The number of fused-ring (bicyclic) bond motifs is 1. The summed E-state index contributed by atoms with van der Waals surface area (Å²) in [5, 5.41) is 11.7. The van der Waals surface area contributed by atoms with E-state index in [1.807, 2.05) is 39.0 Å². The highest BCUT2D eigenvalue weighted by atomic mass is 79.9. The van der Waals surface area contributed by atoms with Crippen molar-refractivity contribution in [3.63, 3.8) is 0 Å². The van der Waals surface area contributed by atoms with Crippen LogP contribution in [0.4, 0.5) is 10.5 Å². The molecule has 5 nitrogen and oxygen atoms in total. The second kappa shape index (κ2) is 9.19. The molecule has 1 N–H and O–H groups in total. The summed E-state index contributed by atoms with van der Waals surface area (Å²) in [6.45, 7) is 11.9. The number of aliphatic hydroxyl groups is 1. The third kappa shape index (κ3) is 5.83. The first-order chi connectivity index (χ1) is 13.4. The zero-order valence-corrected chi connectivity index (χ0v) is 20.2. The van der Waals surface area contributed by atoms with Gasteiger partial charge in [0.25, 0.3) is 0 Å². The average Bonchev–Trinajstić information content (AvgIpc) is 2.97. The molecule has 0 saturated carbocycles. The summed E-state index contributed by atoms with van der Waals surface area (Å²) in [4.78, 5) is 14.8. The molecule has 1 aliphatic rings. The van der Waals surface area contributed by atoms with E-state index in [9.17, 15) is 9.90 Å². The van der Waals surface area contributed by atoms with Crippen LogP contribution in [0.5, 0.6) is 0 Å². The molecule has 0 fully saturated rings. The van der Waals surface area contributed by atoms with E-state index in [0.29, 0.717) is 12.8 Å². The Kier molecular flexibility index (Phi) is 7.57. The van der Waals surface area contributed by atoms with E-state index >= 15 is 0 Å². The molecule has 1 amide bonds. The van der Waals surface area contributed by atoms with Crippen molar-refractivity contribution in [2.75, 3.05) is 18.6 Å². The number of carbonyl (C=O) groups is 1. The molecule has 1 aromatic carbocycles. The zero-order valence-electron chi connectivity index (χ0n) is 18.6. The fourth-order valence-electron chi connectivity index (χ4n) is 3.63. The highest BCUT2D eigenvalue weighted by Crippen LogP contribution is 2.41. The molecular formula is C23H34BrNO4. The number of hydrogen-bond donors (Lipinski definition) is 1. The van der Waals surface area contributed by atoms with E-state index in [-0.39, 0.29) is 6.61 Å². The van der Waals surface area contributed by atoms with E-state index in [1.54, 1.807) is 12.0 Å². The molecule has 0 aromatic heterocycles. The largest absolute Gasteiger partial charge is 0.443 e. The van der Waals surface area contributed by atoms with Crippen LogP contribution in [0.25, 0.3) is 0 Å². The van der Waals surface area contributed by atoms with Crippen LogP contribution in [0.2, 0.25) is 0 Å². The number of nitrogens with zero attached hydrogens (tertiary/aromatic N) is 1. The highest BCUT2D eigenvalue weighted by molar-refractivity contribution is 9.10. The SMILES string of the molecule is COC[C@@](O)(CCC(C)=C(C)C)[C@@H]1Cc2cc(Br)ccc2N1C(=O)OC(C)(C)C. The summed E-state index contributed by atoms with van der Waals surface area (Å²) < 4.78 is 12.0. The van der Waals surface area contributed by atoms with Gasteiger partial charge in [-0.15, -0.1) is 0 Å². The molecule has 29 heavy (non-hydrogen) atoms. The van der Waals surface area contributed by atoms with Gasteiger partial charge in [0.1, 0.15) is 11.2 Å². The first kappa shape index (κ1) is 23.9. The molecule has 1 aromatic rings. The molecule has 0 spiro atoms. The van der Waals surface area contributed by atoms with Gasteiger partial charge in [-0.3, -0.25) is 4.90 Å². The van der Waals surface area contributed by atoms with Crippen molar-refractivity contribution < 1.29 is 19.4 Å². The molecule has 1 aliphatic heterocycles. The molecule has 162 valence electrons. The first-order valence-corrected chi connectivity index (χ1v) is 10.8. The number of halogens is 1. The van der Waals surface area contributed by atoms with Crippen molar-refractivity contribution >= 4 is 27.7 Å². The molecule has 0 radical (unpaired) electrons. The Morgan fingerprint density at radius 3 is 2.48 bits per heavy atom. The standard InChI is InChI=1S/C23H34BrNO4/c1-15(2)16(3)10-11-23(27,14-28-7)20-13-17-12-18(24)8-9-19(17)25(20)21(26)29-22(4,5)6/h8-9,12,20,27H,10-11,13-14H2,1-7H3/t20-,23-/m0/s1. The molecule has 2 atom stereocenters. The molecule has 1 heterocycles. The van der Waals surface area contributed by atoms with Crippen LogP contribution in [0.3, 0.4) is 0 Å². The van der Waals surface area contributed by atoms with Crippen molar-refractivity contribution in [2.24, 2.45) is 0 Å². The van der Waals surface area contributed by atoms with Crippen LogP contribution >= 0.6 is 15.9 Å². The number of anilines is 1. The third-order valence-corrected chi connectivity index (χ3v) is 5.91. The number of hydrogen-bond acceptors (Lipinski definition) is 4. The van der Waals surface area contributed by atoms with Gasteiger partial charge in [-0.2, -0.15) is 0 Å². The lowest BCUT2D eigenvalue weighted by molar-refractivity contribution is -0.0559. The Hall–Kier alpha value is -1.37. The number of rotatable bonds is 6. The fraction of sp³-hybridized carbons (Fsp3) is 0.609. The number of allylic oxidation sites excluding steroid dienone is 2. The number of benzene rings is 1. The predicted octanol–water partition coefficient (Wildman–Crippen LogP) is 5.63. The number of carbonyl (C=O) groups excluding carboxylic acids is 1. The number of methoxy groups -OCH3 is 1. The van der Waals surface area contributed by atoms with Gasteiger partial charge in [0.2, 0.25) is 0 Å². The molecule has 0 bridgehead atoms. The minimum Gasteiger partial charge on any atom is -0.443 e. The summed E-state index contributed by atoms with van der Waals surface area (Å²) >= 11 is 3.51. The summed E-state index contributed by atoms with van der Waals surface area (Å²) in [6, 6.07) is 5.34. The zero-order chi connectivity index (χ0) is 22.0. The third-order valence-electron chi connectivity index (χ3n) is 5.42. The lowest BCUT2D eigenvalue weighted by Gasteiger charge is -2.39. The van der Waals surface area contributed by atoms with Gasteiger partial charge in [0, 0.05) is 11.6 Å². The van der Waals surface area contributed by atoms with Gasteiger partial charge in [-0.1, -0.05) is 27.1 Å². The lowest BCUT2D eigenvalue weighted by Crippen LogP contribution is -2.57. The van der Waals surface area contributed by atoms with E-state index in [0.717, 1.165) is 22.1 Å². The lowest BCUT2D eigenvalue weighted by atomic mass is 9.85. The first-order valence-electron chi connectivity index (χ1n) is 10.0. The Labute approximate surface area is 183 Å². The van der Waals surface area contributed by atoms with Gasteiger partial charge in [0.05, 0.1) is 18.3 Å². The minimum absolute atomic E-state index is 0.141. The van der Waals surface area contributed by atoms with Crippen molar-refractivity contribution in [3.8, 4) is 0 Å². The summed E-state index contributed by atoms with van der Waals surface area (Å²) in [6.07, 6.45) is 1.33. The topological polar surface area (TPSA) is 59.0 Å². The van der Waals surface area contributed by atoms with E-state index in [4.69, 9.17) is 9.47 Å². The summed E-state index contributed by atoms with van der Waals surface area (Å²) in [5.74, 6) is 0. The maximum atomic E-state index is 13.1. The van der Waals surface area contributed by atoms with Crippen molar-refractivity contribution in [3.05, 3.63) is 39.4 Å². The Balaban J connectivity index is 2.44. The van der Waals surface area contributed by atoms with Crippen molar-refractivity contribution in [1.82, 2.24) is 0 Å². The number of ether oxygens (including phenoxy) is 2. The predicted molar refractivity (Wildman–Crippen MR) is 120 cm³/mol. The van der Waals surface area contributed by atoms with Crippen LogP contribution < -0.4 is 4.90 Å². The van der Waals surface area contributed by atoms with Crippen LogP contribution in [0.1, 0.15) is 59.9 Å². The molecule has 0 aliphatic carbocycles. The molecule has 0 saturated heterocycles. The molecule has 6 heteroatoms. The quantitative estimate of drug-likeness (QED) is 0.550. The smallest absolute Gasteiger partial charge is 0.415 e. The molecule has 0 unspecified atom stereocenters. The average molecular weight is 468 g/mol. The summed E-state index contributed by atoms with van der Waals surface area (Å²) in [7, 11) is 1.58. The van der Waals surface area contributed by atoms with Crippen molar-refractivity contribution in [1.29, 1.82) is 0 Å². The van der Waals surface area contributed by atoms with E-state index < -0.39 is 23.3 Å². The summed E-state index contributed by atoms with van der Waals surface area (Å²) in [5.41, 5.74) is 2.43. The van der Waals surface area contributed by atoms with Crippen LogP contribution in [0, 0.1) is 0 Å². The highest BCUT2D eigenvalue weighted by Gasteiger charge is 2.48. The van der Waals surface area contributed by atoms with Crippen molar-refractivity contribution in [2.45, 2.75) is 78.0 Å². The Morgan fingerprint density at radius 2 is 1.93 bits per heavy atom. The van der Waals surface area contributed by atoms with Crippen LogP contribution in [-0.2, 0) is 15.9 Å². The monoisotopic (exact) mass is 467 g/mol. The minimum atomic E-state index is -1.20. The van der Waals surface area contributed by atoms with Gasteiger partial charge >= 0.3 is 6.09 Å².